The number of hydrogen-bond donors (Lipinski definition) is 0. The van der Waals surface area contributed by atoms with Crippen LogP contribution in [0, 0.1) is 0 Å². The Morgan fingerprint density at radius 2 is 0.329 bits per heavy atom. The van der Waals surface area contributed by atoms with Gasteiger partial charge in [0.2, 0.25) is 0 Å². The molecule has 49 heteroatoms. The van der Waals surface area contributed by atoms with Crippen LogP contribution in [0.1, 0.15) is 6.92 Å². The molecule has 454 valence electrons. The fraction of sp³-hybridized carbons (Fsp3) is 0.889. The van der Waals surface area contributed by atoms with Gasteiger partial charge in [0.05, 0.1) is 0 Å². The van der Waals surface area contributed by atoms with Crippen molar-refractivity contribution in [3.63, 3.8) is 0 Å². The molecular formula is C27H5F47O2. The first-order chi connectivity index (χ1) is 31.8. The zero-order valence-electron chi connectivity index (χ0n) is 32.8. The summed E-state index contributed by atoms with van der Waals surface area (Å²) < 4.78 is 652. The average Bonchev–Trinajstić information content (AvgIpc) is 3.18. The van der Waals surface area contributed by atoms with E-state index >= 15 is 4.39 Å². The highest BCUT2D eigenvalue weighted by atomic mass is 19.5. The first kappa shape index (κ1) is 71.9. The SMILES string of the molecule is C=C(C)C(=O)OC(F)(C(F)(F)C(F)(F)C(F)(F)C(F)(F)C(F)(F)C(F)(F)C(F)(F)C(F)(F)C(F)(F)C(F)(F)F)C(F)(F)C(F)(F)C(F)(F)C(F)(F)C(F)(F)C(F)(F)C(F)(F)C(F)(F)C(F)(F)C(F)(F)C(F)(F)C(F)(F)F. The number of hydrogen-bond acceptors (Lipinski definition) is 2. The van der Waals surface area contributed by atoms with Gasteiger partial charge in [0.25, 0.3) is 0 Å². The first-order valence-electron chi connectivity index (χ1n) is 16.1. The summed E-state index contributed by atoms with van der Waals surface area (Å²) in [5.74, 6) is -221. The van der Waals surface area contributed by atoms with Crippen LogP contribution in [0.3, 0.4) is 0 Å². The lowest BCUT2D eigenvalue weighted by Crippen LogP contribution is -2.82. The van der Waals surface area contributed by atoms with E-state index in [9.17, 15) is 207 Å². The van der Waals surface area contributed by atoms with Crippen molar-refractivity contribution < 1.29 is 216 Å². The van der Waals surface area contributed by atoms with E-state index in [4.69, 9.17) is 0 Å². The van der Waals surface area contributed by atoms with Crippen molar-refractivity contribution in [2.45, 2.75) is 144 Å². The van der Waals surface area contributed by atoms with Crippen LogP contribution in [0.4, 0.5) is 206 Å². The normalized spacial score (nSPS) is 17.7. The van der Waals surface area contributed by atoms with Gasteiger partial charge in [-0.1, -0.05) is 6.58 Å². The first-order valence-corrected chi connectivity index (χ1v) is 16.1. The van der Waals surface area contributed by atoms with Gasteiger partial charge in [-0.05, 0) is 6.92 Å². The molecule has 76 heavy (non-hydrogen) atoms. The molecule has 0 aliphatic carbocycles. The van der Waals surface area contributed by atoms with Crippen LogP contribution in [-0.4, -0.2) is 143 Å². The van der Waals surface area contributed by atoms with Crippen molar-refractivity contribution in [2.24, 2.45) is 0 Å². The van der Waals surface area contributed by atoms with Crippen LogP contribution < -0.4 is 0 Å². The molecule has 0 aromatic rings. The number of carbonyl (C=O) groups excluding carboxylic acids is 1. The van der Waals surface area contributed by atoms with Crippen molar-refractivity contribution in [3.8, 4) is 0 Å². The molecule has 0 fully saturated rings. The molecule has 0 amide bonds. The number of ether oxygens (including phenoxy) is 1. The molecule has 0 heterocycles. The highest BCUT2D eigenvalue weighted by Gasteiger charge is 3.04. The van der Waals surface area contributed by atoms with Crippen molar-refractivity contribution in [3.05, 3.63) is 12.2 Å². The number of rotatable bonds is 22. The summed E-state index contributed by atoms with van der Waals surface area (Å²) in [6.45, 7) is 1.00. The van der Waals surface area contributed by atoms with Crippen LogP contribution >= 0.6 is 0 Å². The summed E-state index contributed by atoms with van der Waals surface area (Å²) in [4.78, 5) is 11.5. The third-order valence-electron chi connectivity index (χ3n) is 9.20. The van der Waals surface area contributed by atoms with Crippen molar-refractivity contribution in [1.29, 1.82) is 0 Å². The van der Waals surface area contributed by atoms with E-state index in [1.807, 2.05) is 0 Å². The summed E-state index contributed by atoms with van der Waals surface area (Å²) >= 11 is 0. The molecule has 0 aliphatic rings. The summed E-state index contributed by atoms with van der Waals surface area (Å²) in [7, 11) is 0. The maximum Gasteiger partial charge on any atom is 0.460 e. The molecule has 0 aromatic carbocycles. The minimum atomic E-state index is -10.8. The molecule has 2 nitrogen and oxygen atoms in total. The van der Waals surface area contributed by atoms with Crippen molar-refractivity contribution in [2.75, 3.05) is 0 Å². The summed E-state index contributed by atoms with van der Waals surface area (Å²) in [6, 6.07) is 0. The highest BCUT2D eigenvalue weighted by Crippen LogP contribution is 2.72. The molecule has 0 aliphatic heterocycles. The second-order valence-corrected chi connectivity index (χ2v) is 14.2. The number of halogens is 47. The zero-order valence-corrected chi connectivity index (χ0v) is 32.8. The van der Waals surface area contributed by atoms with Gasteiger partial charge in [-0.3, -0.25) is 0 Å². The molecule has 0 bridgehead atoms. The Morgan fingerprint density at radius 1 is 0.224 bits per heavy atom. The molecule has 0 spiro atoms. The van der Waals surface area contributed by atoms with E-state index < -0.39 is 155 Å². The zero-order chi connectivity index (χ0) is 63.4. The number of esters is 1. The lowest BCUT2D eigenvalue weighted by Gasteiger charge is -2.49. The average molecular weight is 1250 g/mol. The lowest BCUT2D eigenvalue weighted by atomic mass is 9.81. The van der Waals surface area contributed by atoms with Crippen LogP contribution in [0.25, 0.3) is 0 Å². The van der Waals surface area contributed by atoms with Gasteiger partial charge in [-0.15, -0.1) is 0 Å². The predicted octanol–water partition coefficient (Wildman–Crippen LogP) is 15.6. The minimum Gasteiger partial charge on any atom is -0.413 e. The van der Waals surface area contributed by atoms with Gasteiger partial charge >= 0.3 is 143 Å². The number of alkyl halides is 47. The molecule has 1 unspecified atom stereocenters. The monoisotopic (exact) mass is 1250 g/mol. The summed E-state index contributed by atoms with van der Waals surface area (Å²) in [5, 5.41) is 0. The molecule has 0 aromatic heterocycles. The fourth-order valence-electron chi connectivity index (χ4n) is 4.45. The quantitative estimate of drug-likeness (QED) is 0.0613. The Balaban J connectivity index is 8.73. The Morgan fingerprint density at radius 3 is 0.434 bits per heavy atom. The summed E-state index contributed by atoms with van der Waals surface area (Å²) in [6.07, 6.45) is -17.2. The van der Waals surface area contributed by atoms with Gasteiger partial charge < -0.3 is 4.74 Å². The number of carbonyl (C=O) groups is 1. The van der Waals surface area contributed by atoms with Gasteiger partial charge in [0.15, 0.2) is 0 Å². The van der Waals surface area contributed by atoms with Crippen LogP contribution in [0.5, 0.6) is 0 Å². The molecule has 0 rings (SSSR count). The van der Waals surface area contributed by atoms with Crippen LogP contribution in [0.15, 0.2) is 12.2 Å². The molecule has 0 saturated heterocycles. The minimum absolute atomic E-state index is 0.704. The maximum atomic E-state index is 15.5. The Labute approximate surface area is 379 Å². The molecule has 0 radical (unpaired) electrons. The smallest absolute Gasteiger partial charge is 0.413 e. The molecule has 0 N–H and O–H groups in total. The molecular weight excluding hydrogens is 1250 g/mol. The van der Waals surface area contributed by atoms with E-state index in [0.29, 0.717) is 0 Å². The maximum absolute atomic E-state index is 15.5. The third-order valence-corrected chi connectivity index (χ3v) is 9.20. The second kappa shape index (κ2) is 17.5. The lowest BCUT2D eigenvalue weighted by molar-refractivity contribution is -0.504. The third kappa shape index (κ3) is 8.07. The van der Waals surface area contributed by atoms with Gasteiger partial charge in [0.1, 0.15) is 0 Å². The second-order valence-electron chi connectivity index (χ2n) is 14.2. The van der Waals surface area contributed by atoms with E-state index in [2.05, 4.69) is 0 Å². The van der Waals surface area contributed by atoms with E-state index in [1.165, 1.54) is 4.74 Å². The fourth-order valence-corrected chi connectivity index (χ4v) is 4.45. The van der Waals surface area contributed by atoms with Gasteiger partial charge in [0, 0.05) is 5.57 Å². The molecule has 1 atom stereocenters. The summed E-state index contributed by atoms with van der Waals surface area (Å²) in [5.41, 5.74) is -2.75. The largest absolute Gasteiger partial charge is 0.460 e. The topological polar surface area (TPSA) is 26.3 Å². The van der Waals surface area contributed by atoms with Crippen molar-refractivity contribution in [1.82, 2.24) is 0 Å². The standard InChI is InChI=1S/C27H5F47O2/c1-3(2)4(75)76-25(68,22(62,63)18(54,55)14(46,47)10(38,39)8(34,35)12(42,43)16(50,51)20(58,59)24(66,67)27(72,73)74)21(60,61)17(52,53)13(44,45)9(36,37)6(30,31)5(28,29)7(32,33)11(40,41)15(48,49)19(56,57)23(64,65)26(69,70)71/h1H2,2H3. The Hall–Kier alpha value is -4.08. The highest BCUT2D eigenvalue weighted by molar-refractivity contribution is 5.87. The predicted molar refractivity (Wildman–Crippen MR) is 136 cm³/mol. The Bertz CT molecular complexity index is 2160. The van der Waals surface area contributed by atoms with E-state index in [-0.39, 0.29) is 0 Å². The van der Waals surface area contributed by atoms with E-state index in [1.54, 1.807) is 6.58 Å². The molecule has 0 saturated carbocycles. The Kier molecular flexibility index (Phi) is 16.5. The van der Waals surface area contributed by atoms with E-state index in [0.717, 1.165) is 0 Å². The van der Waals surface area contributed by atoms with Gasteiger partial charge in [-0.25, -0.2) is 4.79 Å². The van der Waals surface area contributed by atoms with Gasteiger partial charge in [-0.2, -0.15) is 206 Å². The van der Waals surface area contributed by atoms with Crippen LogP contribution in [-0.2, 0) is 9.53 Å². The van der Waals surface area contributed by atoms with Crippen molar-refractivity contribution >= 4 is 5.97 Å². The van der Waals surface area contributed by atoms with Crippen LogP contribution in [0.2, 0.25) is 0 Å².